The molecule has 1 N–H and O–H groups in total. The highest BCUT2D eigenvalue weighted by Crippen LogP contribution is 2.38. The molecule has 1 heterocycles. The maximum atomic E-state index is 13.2. The summed E-state index contributed by atoms with van der Waals surface area (Å²) < 4.78 is 16.9. The van der Waals surface area contributed by atoms with Crippen molar-refractivity contribution < 1.29 is 18.7 Å². The number of carbonyl (C=O) groups excluding carboxylic acids is 1. The van der Waals surface area contributed by atoms with Crippen LogP contribution in [0.2, 0.25) is 0 Å². The second-order valence-corrected chi connectivity index (χ2v) is 8.77. The minimum Gasteiger partial charge on any atom is -0.497 e. The summed E-state index contributed by atoms with van der Waals surface area (Å²) in [5.41, 5.74) is 3.89. The number of furan rings is 1. The molecule has 0 spiro atoms. The van der Waals surface area contributed by atoms with Crippen molar-refractivity contribution in [3.63, 3.8) is 0 Å². The molecule has 4 rings (SSSR count). The van der Waals surface area contributed by atoms with Crippen molar-refractivity contribution in [3.05, 3.63) is 83.4 Å². The van der Waals surface area contributed by atoms with Crippen molar-refractivity contribution in [1.29, 1.82) is 5.26 Å². The molecule has 0 saturated carbocycles. The first-order valence-corrected chi connectivity index (χ1v) is 11.7. The summed E-state index contributed by atoms with van der Waals surface area (Å²) in [5, 5.41) is 13.5. The molecule has 0 aliphatic carbocycles. The molecule has 0 unspecified atom stereocenters. The van der Waals surface area contributed by atoms with E-state index in [1.54, 1.807) is 20.3 Å². The summed E-state index contributed by atoms with van der Waals surface area (Å²) in [6, 6.07) is 22.7. The number of nitrogens with zero attached hydrogens (tertiary/aromatic N) is 1. The molecule has 36 heavy (non-hydrogen) atoms. The molecule has 0 saturated heterocycles. The van der Waals surface area contributed by atoms with Gasteiger partial charge in [0, 0.05) is 17.5 Å². The Morgan fingerprint density at radius 2 is 1.75 bits per heavy atom. The van der Waals surface area contributed by atoms with E-state index in [1.807, 2.05) is 80.6 Å². The zero-order valence-corrected chi connectivity index (χ0v) is 20.8. The molecule has 0 aliphatic heterocycles. The van der Waals surface area contributed by atoms with Gasteiger partial charge in [-0.3, -0.25) is 4.79 Å². The summed E-state index contributed by atoms with van der Waals surface area (Å²) in [6.45, 7) is 4.64. The molecule has 0 aliphatic rings. The van der Waals surface area contributed by atoms with Gasteiger partial charge in [-0.25, -0.2) is 0 Å². The number of rotatable bonds is 8. The highest BCUT2D eigenvalue weighted by atomic mass is 16.5. The predicted molar refractivity (Wildman–Crippen MR) is 142 cm³/mol. The second kappa shape index (κ2) is 10.8. The average Bonchev–Trinajstić information content (AvgIpc) is 3.30. The van der Waals surface area contributed by atoms with Crippen LogP contribution in [0.1, 0.15) is 35.3 Å². The first-order chi connectivity index (χ1) is 17.4. The smallest absolute Gasteiger partial charge is 0.255 e. The maximum absolute atomic E-state index is 13.2. The van der Waals surface area contributed by atoms with Crippen LogP contribution in [0.3, 0.4) is 0 Å². The molecular formula is C30H28N2O4. The van der Waals surface area contributed by atoms with Crippen LogP contribution in [0.5, 0.6) is 11.5 Å². The molecule has 182 valence electrons. The summed E-state index contributed by atoms with van der Waals surface area (Å²) in [6.07, 6.45) is 1.82. The second-order valence-electron chi connectivity index (χ2n) is 8.77. The molecule has 6 nitrogen and oxygen atoms in total. The van der Waals surface area contributed by atoms with E-state index in [9.17, 15) is 10.1 Å². The van der Waals surface area contributed by atoms with Crippen molar-refractivity contribution in [2.24, 2.45) is 5.92 Å². The molecule has 0 radical (unpaired) electrons. The fraction of sp³-hybridized carbons (Fsp3) is 0.200. The van der Waals surface area contributed by atoms with E-state index >= 15 is 0 Å². The zero-order valence-electron chi connectivity index (χ0n) is 20.8. The third kappa shape index (κ3) is 5.11. The number of nitrogens with one attached hydrogen (secondary N) is 1. The number of benzene rings is 3. The van der Waals surface area contributed by atoms with Gasteiger partial charge < -0.3 is 19.2 Å². The van der Waals surface area contributed by atoms with Gasteiger partial charge in [0.05, 0.1) is 31.4 Å². The van der Waals surface area contributed by atoms with E-state index in [0.717, 1.165) is 22.4 Å². The first-order valence-electron chi connectivity index (χ1n) is 11.7. The number of hydrogen-bond donors (Lipinski definition) is 1. The Balaban J connectivity index is 1.74. The third-order valence-electron chi connectivity index (χ3n) is 5.80. The van der Waals surface area contributed by atoms with Gasteiger partial charge in [-0.2, -0.15) is 5.26 Å². The number of para-hydroxylation sites is 1. The summed E-state index contributed by atoms with van der Waals surface area (Å²) in [5.74, 6) is 1.88. The number of fused-ring (bicyclic) bond motifs is 1. The Morgan fingerprint density at radius 1 is 1.03 bits per heavy atom. The maximum Gasteiger partial charge on any atom is 0.255 e. The normalized spacial score (nSPS) is 11.4. The summed E-state index contributed by atoms with van der Waals surface area (Å²) in [4.78, 5) is 13.2. The van der Waals surface area contributed by atoms with Gasteiger partial charge in [-0.15, -0.1) is 0 Å². The molecule has 0 fully saturated rings. The molecule has 0 atom stereocenters. The van der Waals surface area contributed by atoms with E-state index in [0.29, 0.717) is 46.1 Å². The molecule has 3 aromatic carbocycles. The quantitative estimate of drug-likeness (QED) is 0.228. The van der Waals surface area contributed by atoms with Crippen LogP contribution in [0, 0.1) is 17.2 Å². The standard InChI is InChI=1S/C30H28N2O4/c1-19(2)18-32-30(33)27-25-6-5-7-26(35-4)29(25)36-28(27)22-12-10-21(11-13-22)23(17-31)16-20-8-14-24(34-3)15-9-20/h5-16,19H,18H2,1-4H3,(H,32,33)/b23-16+. The minimum atomic E-state index is -0.202. The summed E-state index contributed by atoms with van der Waals surface area (Å²) >= 11 is 0. The number of nitriles is 1. The SMILES string of the molecule is COc1ccc(/C=C(\C#N)c2ccc(-c3oc4c(OC)cccc4c3C(=O)NCC(C)C)cc2)cc1. The van der Waals surface area contributed by atoms with Gasteiger partial charge in [-0.05, 0) is 41.3 Å². The highest BCUT2D eigenvalue weighted by molar-refractivity contribution is 6.12. The van der Waals surface area contributed by atoms with Gasteiger partial charge in [-0.1, -0.05) is 62.4 Å². The predicted octanol–water partition coefficient (Wildman–Crippen LogP) is 6.57. The fourth-order valence-corrected chi connectivity index (χ4v) is 3.92. The van der Waals surface area contributed by atoms with Gasteiger partial charge in [0.2, 0.25) is 0 Å². The molecule has 1 amide bonds. The Bertz CT molecular complexity index is 1440. The number of allylic oxidation sites excluding steroid dienone is 1. The summed E-state index contributed by atoms with van der Waals surface area (Å²) in [7, 11) is 3.19. The van der Waals surface area contributed by atoms with Gasteiger partial charge >= 0.3 is 0 Å². The van der Waals surface area contributed by atoms with Crippen molar-refractivity contribution in [2.45, 2.75) is 13.8 Å². The van der Waals surface area contributed by atoms with E-state index < -0.39 is 0 Å². The van der Waals surface area contributed by atoms with Crippen LogP contribution in [0.15, 0.2) is 71.1 Å². The lowest BCUT2D eigenvalue weighted by Gasteiger charge is -2.09. The van der Waals surface area contributed by atoms with Crippen LogP contribution in [-0.2, 0) is 0 Å². The lowest BCUT2D eigenvalue weighted by molar-refractivity contribution is 0.0950. The fourth-order valence-electron chi connectivity index (χ4n) is 3.92. The molecule has 1 aromatic heterocycles. The number of carbonyl (C=O) groups is 1. The number of hydrogen-bond acceptors (Lipinski definition) is 5. The zero-order chi connectivity index (χ0) is 25.7. The van der Waals surface area contributed by atoms with E-state index in [4.69, 9.17) is 13.9 Å². The first kappa shape index (κ1) is 24.6. The molecule has 6 heteroatoms. The van der Waals surface area contributed by atoms with Crippen LogP contribution in [-0.4, -0.2) is 26.7 Å². The van der Waals surface area contributed by atoms with E-state index in [2.05, 4.69) is 11.4 Å². The van der Waals surface area contributed by atoms with Crippen LogP contribution in [0.25, 0.3) is 33.9 Å². The van der Waals surface area contributed by atoms with Gasteiger partial charge in [0.25, 0.3) is 5.91 Å². The lowest BCUT2D eigenvalue weighted by atomic mass is 9.99. The number of amides is 1. The van der Waals surface area contributed by atoms with Gasteiger partial charge in [0.1, 0.15) is 11.5 Å². The van der Waals surface area contributed by atoms with Crippen LogP contribution < -0.4 is 14.8 Å². The van der Waals surface area contributed by atoms with Crippen molar-refractivity contribution in [3.8, 4) is 28.9 Å². The largest absolute Gasteiger partial charge is 0.497 e. The monoisotopic (exact) mass is 480 g/mol. The molecule has 0 bridgehead atoms. The number of ether oxygens (including phenoxy) is 2. The number of methoxy groups -OCH3 is 2. The molecule has 4 aromatic rings. The van der Waals surface area contributed by atoms with Crippen molar-refractivity contribution in [1.82, 2.24) is 5.32 Å². The van der Waals surface area contributed by atoms with Gasteiger partial charge in [0.15, 0.2) is 11.3 Å². The van der Waals surface area contributed by atoms with Crippen molar-refractivity contribution in [2.75, 3.05) is 20.8 Å². The molecular weight excluding hydrogens is 452 g/mol. The highest BCUT2D eigenvalue weighted by Gasteiger charge is 2.24. The van der Waals surface area contributed by atoms with Crippen molar-refractivity contribution >= 4 is 28.5 Å². The minimum absolute atomic E-state index is 0.202. The average molecular weight is 481 g/mol. The topological polar surface area (TPSA) is 84.5 Å². The Morgan fingerprint density at radius 3 is 2.36 bits per heavy atom. The Hall–Kier alpha value is -4.50. The van der Waals surface area contributed by atoms with Crippen LogP contribution in [0.4, 0.5) is 0 Å². The Labute approximate surface area is 210 Å². The van der Waals surface area contributed by atoms with E-state index in [-0.39, 0.29) is 5.91 Å². The Kier molecular flexibility index (Phi) is 7.41. The van der Waals surface area contributed by atoms with E-state index in [1.165, 1.54) is 0 Å². The van der Waals surface area contributed by atoms with Crippen LogP contribution >= 0.6 is 0 Å². The lowest BCUT2D eigenvalue weighted by Crippen LogP contribution is -2.27. The third-order valence-corrected chi connectivity index (χ3v) is 5.80.